The van der Waals surface area contributed by atoms with Crippen LogP contribution in [0.1, 0.15) is 34.5 Å². The van der Waals surface area contributed by atoms with Crippen LogP contribution < -0.4 is 5.32 Å². The number of benzene rings is 2. The number of amides is 1. The molecule has 2 aromatic rings. The van der Waals surface area contributed by atoms with E-state index in [-0.39, 0.29) is 11.9 Å². The summed E-state index contributed by atoms with van der Waals surface area (Å²) in [6, 6.07) is 12.8. The third-order valence-corrected chi connectivity index (χ3v) is 6.81. The number of carbonyl (C=O) groups excluding carboxylic acids is 1. The standard InChI is InChI=1S/C19H18Cl2N2OS2/c1-12(15-7-6-14(20)10-17(15)21)23-18(24)16-5-3-2-4-13(16)11-26-19-22-8-9-25-19/h2-7,10,12H,8-9,11H2,1H3,(H,23,24). The molecule has 7 heteroatoms. The zero-order chi connectivity index (χ0) is 18.5. The highest BCUT2D eigenvalue weighted by molar-refractivity contribution is 8.38. The molecule has 136 valence electrons. The molecule has 2 aromatic carbocycles. The molecule has 3 nitrogen and oxygen atoms in total. The van der Waals surface area contributed by atoms with E-state index in [9.17, 15) is 4.79 Å². The first-order chi connectivity index (χ1) is 12.5. The lowest BCUT2D eigenvalue weighted by molar-refractivity contribution is 0.0939. The van der Waals surface area contributed by atoms with Gasteiger partial charge in [-0.3, -0.25) is 9.79 Å². The van der Waals surface area contributed by atoms with Gasteiger partial charge in [0.25, 0.3) is 5.91 Å². The molecule has 0 fully saturated rings. The van der Waals surface area contributed by atoms with Crippen LogP contribution in [0.4, 0.5) is 0 Å². The number of hydrogen-bond donors (Lipinski definition) is 1. The molecule has 0 radical (unpaired) electrons. The van der Waals surface area contributed by atoms with E-state index in [2.05, 4.69) is 10.3 Å². The summed E-state index contributed by atoms with van der Waals surface area (Å²) in [5.74, 6) is 1.66. The van der Waals surface area contributed by atoms with E-state index in [4.69, 9.17) is 23.2 Å². The van der Waals surface area contributed by atoms with Crippen LogP contribution in [0, 0.1) is 0 Å². The maximum atomic E-state index is 12.8. The predicted octanol–water partition coefficient (Wildman–Crippen LogP) is 5.82. The van der Waals surface area contributed by atoms with E-state index >= 15 is 0 Å². The van der Waals surface area contributed by atoms with Crippen molar-refractivity contribution in [3.63, 3.8) is 0 Å². The fourth-order valence-electron chi connectivity index (χ4n) is 2.61. The maximum absolute atomic E-state index is 12.8. The Bertz CT molecular complexity index is 842. The van der Waals surface area contributed by atoms with E-state index in [0.29, 0.717) is 15.6 Å². The zero-order valence-electron chi connectivity index (χ0n) is 14.2. The van der Waals surface area contributed by atoms with Gasteiger partial charge in [0.1, 0.15) is 4.38 Å². The summed E-state index contributed by atoms with van der Waals surface area (Å²) in [6.07, 6.45) is 0. The number of aliphatic imine (C=N–C) groups is 1. The Kier molecular flexibility index (Phi) is 6.92. The predicted molar refractivity (Wildman–Crippen MR) is 115 cm³/mol. The molecule has 0 spiro atoms. The number of carbonyl (C=O) groups is 1. The Morgan fingerprint density at radius 1 is 1.31 bits per heavy atom. The van der Waals surface area contributed by atoms with Gasteiger partial charge in [-0.15, -0.1) is 0 Å². The molecule has 0 aliphatic carbocycles. The van der Waals surface area contributed by atoms with Crippen molar-refractivity contribution in [2.45, 2.75) is 18.7 Å². The largest absolute Gasteiger partial charge is 0.345 e. The van der Waals surface area contributed by atoms with E-state index in [1.807, 2.05) is 37.3 Å². The van der Waals surface area contributed by atoms with Gasteiger partial charge in [-0.2, -0.15) is 0 Å². The summed E-state index contributed by atoms with van der Waals surface area (Å²) in [5.41, 5.74) is 2.52. The number of nitrogens with one attached hydrogen (secondary N) is 1. The molecule has 0 saturated heterocycles. The van der Waals surface area contributed by atoms with Gasteiger partial charge >= 0.3 is 0 Å². The second-order valence-electron chi connectivity index (χ2n) is 5.80. The number of rotatable bonds is 5. The summed E-state index contributed by atoms with van der Waals surface area (Å²) in [5, 5.41) is 4.15. The van der Waals surface area contributed by atoms with Crippen LogP contribution in [-0.4, -0.2) is 22.6 Å². The molecular formula is C19H18Cl2N2OS2. The Morgan fingerprint density at radius 3 is 2.85 bits per heavy atom. The quantitative estimate of drug-likeness (QED) is 0.656. The van der Waals surface area contributed by atoms with Crippen LogP contribution in [0.25, 0.3) is 0 Å². The number of halogens is 2. The SMILES string of the molecule is CC(NC(=O)c1ccccc1CSC1=NCCS1)c1ccc(Cl)cc1Cl. The Morgan fingerprint density at radius 2 is 2.12 bits per heavy atom. The van der Waals surface area contributed by atoms with Gasteiger partial charge in [-0.25, -0.2) is 0 Å². The fraction of sp³-hybridized carbons (Fsp3) is 0.263. The molecule has 1 aliphatic rings. The summed E-state index contributed by atoms with van der Waals surface area (Å²) >= 11 is 15.7. The average Bonchev–Trinajstić information content (AvgIpc) is 3.13. The first-order valence-corrected chi connectivity index (χ1v) is 10.9. The molecule has 1 aliphatic heterocycles. The smallest absolute Gasteiger partial charge is 0.252 e. The first-order valence-electron chi connectivity index (χ1n) is 8.18. The topological polar surface area (TPSA) is 41.5 Å². The molecule has 3 rings (SSSR count). The Labute approximate surface area is 171 Å². The third-order valence-electron chi connectivity index (χ3n) is 3.95. The minimum atomic E-state index is -0.220. The van der Waals surface area contributed by atoms with E-state index in [1.165, 1.54) is 0 Å². The van der Waals surface area contributed by atoms with Gasteiger partial charge in [0, 0.05) is 27.1 Å². The van der Waals surface area contributed by atoms with Crippen molar-refractivity contribution in [1.29, 1.82) is 0 Å². The average molecular weight is 425 g/mol. The normalized spacial score (nSPS) is 14.8. The van der Waals surface area contributed by atoms with Crippen LogP contribution in [0.3, 0.4) is 0 Å². The number of hydrogen-bond acceptors (Lipinski definition) is 4. The second-order valence-corrected chi connectivity index (χ2v) is 8.95. The van der Waals surface area contributed by atoms with Gasteiger partial charge in [-0.1, -0.05) is 71.0 Å². The monoisotopic (exact) mass is 424 g/mol. The molecule has 0 saturated carbocycles. The van der Waals surface area contributed by atoms with Gasteiger partial charge < -0.3 is 5.32 Å². The maximum Gasteiger partial charge on any atom is 0.252 e. The summed E-state index contributed by atoms with van der Waals surface area (Å²) < 4.78 is 1.10. The van der Waals surface area contributed by atoms with Gasteiger partial charge in [0.05, 0.1) is 12.6 Å². The third kappa shape index (κ3) is 4.97. The van der Waals surface area contributed by atoms with Crippen molar-refractivity contribution in [2.24, 2.45) is 4.99 Å². The molecule has 1 unspecified atom stereocenters. The molecule has 0 bridgehead atoms. The van der Waals surface area contributed by atoms with Crippen molar-refractivity contribution in [1.82, 2.24) is 5.32 Å². The minimum Gasteiger partial charge on any atom is -0.345 e. The summed E-state index contributed by atoms with van der Waals surface area (Å²) in [4.78, 5) is 17.2. The first kappa shape index (κ1) is 19.6. The van der Waals surface area contributed by atoms with Gasteiger partial charge in [-0.05, 0) is 36.2 Å². The van der Waals surface area contributed by atoms with Gasteiger partial charge in [0.2, 0.25) is 0 Å². The highest BCUT2D eigenvalue weighted by atomic mass is 35.5. The zero-order valence-corrected chi connectivity index (χ0v) is 17.3. The molecule has 1 atom stereocenters. The highest BCUT2D eigenvalue weighted by Crippen LogP contribution is 2.28. The van der Waals surface area contributed by atoms with E-state index < -0.39 is 0 Å². The van der Waals surface area contributed by atoms with Crippen molar-refractivity contribution in [2.75, 3.05) is 12.3 Å². The lowest BCUT2D eigenvalue weighted by atomic mass is 10.1. The molecule has 26 heavy (non-hydrogen) atoms. The fourth-order valence-corrected chi connectivity index (χ4v) is 5.20. The number of thioether (sulfide) groups is 2. The molecule has 1 N–H and O–H groups in total. The van der Waals surface area contributed by atoms with Crippen molar-refractivity contribution >= 4 is 57.0 Å². The van der Waals surface area contributed by atoms with Crippen LogP contribution >= 0.6 is 46.7 Å². The van der Waals surface area contributed by atoms with Crippen LogP contribution in [-0.2, 0) is 5.75 Å². The van der Waals surface area contributed by atoms with Gasteiger partial charge in [0.15, 0.2) is 0 Å². The number of nitrogens with zero attached hydrogens (tertiary/aromatic N) is 1. The lowest BCUT2D eigenvalue weighted by Crippen LogP contribution is -2.27. The summed E-state index contributed by atoms with van der Waals surface area (Å²) in [6.45, 7) is 2.79. The Balaban J connectivity index is 1.70. The van der Waals surface area contributed by atoms with E-state index in [1.54, 1.807) is 35.7 Å². The van der Waals surface area contributed by atoms with E-state index in [0.717, 1.165) is 33.6 Å². The minimum absolute atomic E-state index is 0.110. The van der Waals surface area contributed by atoms with Crippen LogP contribution in [0.2, 0.25) is 10.0 Å². The van der Waals surface area contributed by atoms with Crippen molar-refractivity contribution in [3.05, 3.63) is 69.2 Å². The molecule has 0 aromatic heterocycles. The second kappa shape index (κ2) is 9.18. The Hall–Kier alpha value is -1.14. The molecule has 1 heterocycles. The highest BCUT2D eigenvalue weighted by Gasteiger charge is 2.17. The van der Waals surface area contributed by atoms with Crippen molar-refractivity contribution < 1.29 is 4.79 Å². The molecule has 1 amide bonds. The van der Waals surface area contributed by atoms with Crippen LogP contribution in [0.5, 0.6) is 0 Å². The lowest BCUT2D eigenvalue weighted by Gasteiger charge is -2.17. The summed E-state index contributed by atoms with van der Waals surface area (Å²) in [7, 11) is 0. The van der Waals surface area contributed by atoms with Crippen molar-refractivity contribution in [3.8, 4) is 0 Å². The van der Waals surface area contributed by atoms with Crippen LogP contribution in [0.15, 0.2) is 47.5 Å². The molecular weight excluding hydrogens is 407 g/mol.